The zero-order valence-corrected chi connectivity index (χ0v) is 21.8. The van der Waals surface area contributed by atoms with Gasteiger partial charge < -0.3 is 24.4 Å². The Labute approximate surface area is 183 Å². The third kappa shape index (κ3) is 33.3. The van der Waals surface area contributed by atoms with Crippen molar-refractivity contribution < 1.29 is 14.2 Å². The van der Waals surface area contributed by atoms with Crippen molar-refractivity contribution in [2.75, 3.05) is 21.1 Å². The molecule has 162 valence electrons. The fourth-order valence-corrected chi connectivity index (χ4v) is 1.86. The molecule has 0 aliphatic rings. The average Bonchev–Trinajstić information content (AvgIpc) is 2.32. The van der Waals surface area contributed by atoms with E-state index in [0.29, 0.717) is 15.4 Å². The van der Waals surface area contributed by atoms with Gasteiger partial charge in [0.15, 0.2) is 5.05 Å². The van der Waals surface area contributed by atoms with Crippen molar-refractivity contribution >= 4 is 52.1 Å². The van der Waals surface area contributed by atoms with Gasteiger partial charge in [-0.2, -0.15) is 0 Å². The molecule has 0 aliphatic carbocycles. The van der Waals surface area contributed by atoms with Crippen LogP contribution in [-0.4, -0.2) is 58.2 Å². The summed E-state index contributed by atoms with van der Waals surface area (Å²) < 4.78 is 15.7. The van der Waals surface area contributed by atoms with E-state index in [1.165, 1.54) is 0 Å². The summed E-state index contributed by atoms with van der Waals surface area (Å²) in [6, 6.07) is 0. The van der Waals surface area contributed by atoms with Crippen LogP contribution in [0, 0.1) is 0 Å². The molecule has 0 spiro atoms. The molecule has 5 nitrogen and oxygen atoms in total. The number of rotatable bonds is 0. The van der Waals surface area contributed by atoms with Crippen LogP contribution in [0.1, 0.15) is 69.2 Å². The van der Waals surface area contributed by atoms with E-state index in [0.717, 1.165) is 0 Å². The minimum absolute atomic E-state index is 0.119. The molecule has 0 fully saturated rings. The molecular weight excluding hydrogens is 400 g/mol. The second-order valence-corrected chi connectivity index (χ2v) is 10.1. The Bertz CT molecular complexity index is 460. The molecule has 0 heterocycles. The summed E-state index contributed by atoms with van der Waals surface area (Å²) in [7, 11) is 5.48. The van der Waals surface area contributed by atoms with Gasteiger partial charge in [-0.15, -0.1) is 0 Å². The fraction of sp³-hybridized carbons (Fsp3) is 0.842. The van der Waals surface area contributed by atoms with Crippen molar-refractivity contribution in [2.24, 2.45) is 0 Å². The summed E-state index contributed by atoms with van der Waals surface area (Å²) in [5, 5.41) is 4.32. The number of nitrogens with zero attached hydrogens (tertiary/aromatic N) is 1. The van der Waals surface area contributed by atoms with E-state index >= 15 is 0 Å². The first-order valence-electron chi connectivity index (χ1n) is 8.71. The van der Waals surface area contributed by atoms with Gasteiger partial charge in [-0.05, 0) is 99.0 Å². The predicted molar refractivity (Wildman–Crippen MR) is 129 cm³/mol. The van der Waals surface area contributed by atoms with Crippen LogP contribution >= 0.6 is 36.7 Å². The quantitative estimate of drug-likeness (QED) is 0.522. The van der Waals surface area contributed by atoms with Gasteiger partial charge in [0.2, 0.25) is 0 Å². The van der Waals surface area contributed by atoms with E-state index in [9.17, 15) is 0 Å². The zero-order valence-electron chi connectivity index (χ0n) is 19.4. The Balaban J connectivity index is -0.000000322. The lowest BCUT2D eigenvalue weighted by Crippen LogP contribution is -2.31. The highest BCUT2D eigenvalue weighted by Gasteiger charge is 2.14. The molecule has 0 saturated carbocycles. The van der Waals surface area contributed by atoms with Crippen molar-refractivity contribution in [2.45, 2.75) is 86.0 Å². The van der Waals surface area contributed by atoms with E-state index in [-0.39, 0.29) is 16.8 Å². The number of hydrogen-bond acceptors (Lipinski definition) is 6. The third-order valence-electron chi connectivity index (χ3n) is 1.81. The van der Waals surface area contributed by atoms with Crippen molar-refractivity contribution in [3.8, 4) is 0 Å². The fourth-order valence-electron chi connectivity index (χ4n) is 1.11. The SMILES string of the molecule is CC(=S)OC(C)(C)C.CN(C)C(=S)OC(C)(C)C.CNC(=S)OC(C)(C)C. The summed E-state index contributed by atoms with van der Waals surface area (Å²) in [6.45, 7) is 19.5. The minimum atomic E-state index is -0.180. The lowest BCUT2D eigenvalue weighted by Gasteiger charge is -2.24. The third-order valence-corrected chi connectivity index (χ3v) is 2.63. The van der Waals surface area contributed by atoms with Crippen LogP contribution in [-0.2, 0) is 14.2 Å². The van der Waals surface area contributed by atoms with Crippen molar-refractivity contribution in [1.82, 2.24) is 10.2 Å². The van der Waals surface area contributed by atoms with E-state index in [1.54, 1.807) is 18.9 Å². The summed E-state index contributed by atoms with van der Waals surface area (Å²) in [5.74, 6) is 0. The van der Waals surface area contributed by atoms with Gasteiger partial charge in [0, 0.05) is 28.1 Å². The van der Waals surface area contributed by atoms with Gasteiger partial charge in [-0.25, -0.2) is 0 Å². The molecule has 0 aliphatic heterocycles. The Morgan fingerprint density at radius 3 is 1.11 bits per heavy atom. The van der Waals surface area contributed by atoms with Crippen LogP contribution in [0.15, 0.2) is 0 Å². The van der Waals surface area contributed by atoms with Crippen LogP contribution in [0.3, 0.4) is 0 Å². The highest BCUT2D eigenvalue weighted by atomic mass is 32.1. The number of hydrogen-bond donors (Lipinski definition) is 1. The standard InChI is InChI=1S/C7H15NOS.C6H13NOS.C6H12OS/c1-7(2,3)9-6(10)8(4)5;1-6(2,3)8-5(9)7-4;1-5(8)7-6(2,3)4/h1-5H3;1-4H3,(H,7,9);1-4H3. The summed E-state index contributed by atoms with van der Waals surface area (Å²) >= 11 is 14.4. The first-order chi connectivity index (χ1) is 11.7. The maximum Gasteiger partial charge on any atom is 0.259 e. The van der Waals surface area contributed by atoms with Crippen LogP contribution in [0.2, 0.25) is 0 Å². The van der Waals surface area contributed by atoms with Crippen LogP contribution in [0.25, 0.3) is 0 Å². The van der Waals surface area contributed by atoms with Gasteiger partial charge >= 0.3 is 0 Å². The average molecular weight is 441 g/mol. The van der Waals surface area contributed by atoms with Gasteiger partial charge in [-0.1, -0.05) is 0 Å². The molecule has 0 aromatic heterocycles. The van der Waals surface area contributed by atoms with Crippen molar-refractivity contribution in [3.05, 3.63) is 0 Å². The molecule has 0 aromatic rings. The molecule has 1 N–H and O–H groups in total. The first kappa shape index (κ1) is 31.0. The molecule has 0 rings (SSSR count). The lowest BCUT2D eigenvalue weighted by molar-refractivity contribution is 0.101. The van der Waals surface area contributed by atoms with Gasteiger partial charge in [-0.3, -0.25) is 0 Å². The molecule has 0 unspecified atom stereocenters. The van der Waals surface area contributed by atoms with Crippen LogP contribution in [0.5, 0.6) is 0 Å². The lowest BCUT2D eigenvalue weighted by atomic mass is 10.2. The molecule has 0 atom stereocenters. The van der Waals surface area contributed by atoms with E-state index in [2.05, 4.69) is 5.32 Å². The van der Waals surface area contributed by atoms with Crippen LogP contribution < -0.4 is 5.32 Å². The maximum absolute atomic E-state index is 5.36. The highest BCUT2D eigenvalue weighted by molar-refractivity contribution is 7.80. The molecule has 0 amide bonds. The predicted octanol–water partition coefficient (Wildman–Crippen LogP) is 5.10. The van der Waals surface area contributed by atoms with Crippen LogP contribution in [0.4, 0.5) is 0 Å². The summed E-state index contributed by atoms with van der Waals surface area (Å²) in [4.78, 5) is 1.78. The maximum atomic E-state index is 5.36. The molecule has 0 saturated heterocycles. The molecule has 8 heteroatoms. The monoisotopic (exact) mass is 440 g/mol. The number of nitrogens with one attached hydrogen (secondary N) is 1. The summed E-state index contributed by atoms with van der Waals surface area (Å²) in [5.41, 5.74) is -0.479. The van der Waals surface area contributed by atoms with Crippen molar-refractivity contribution in [1.29, 1.82) is 0 Å². The largest absolute Gasteiger partial charge is 0.482 e. The highest BCUT2D eigenvalue weighted by Crippen LogP contribution is 2.08. The Hall–Kier alpha value is -0.730. The topological polar surface area (TPSA) is 43.0 Å². The van der Waals surface area contributed by atoms with Gasteiger partial charge in [0.1, 0.15) is 16.8 Å². The molecule has 0 aromatic carbocycles. The first-order valence-corrected chi connectivity index (χ1v) is 9.93. The molecule has 0 bridgehead atoms. The zero-order chi connectivity index (χ0) is 22.6. The second kappa shape index (κ2) is 13.4. The molecular formula is C19H40N2O3S3. The minimum Gasteiger partial charge on any atom is -0.482 e. The van der Waals surface area contributed by atoms with E-state index in [4.69, 9.17) is 50.9 Å². The molecule has 27 heavy (non-hydrogen) atoms. The Kier molecular flexibility index (Phi) is 15.4. The van der Waals surface area contributed by atoms with E-state index < -0.39 is 0 Å². The molecule has 0 radical (unpaired) electrons. The second-order valence-electron chi connectivity index (χ2n) is 8.83. The van der Waals surface area contributed by atoms with Gasteiger partial charge in [0.05, 0.1) is 0 Å². The Morgan fingerprint density at radius 2 is 1.04 bits per heavy atom. The Morgan fingerprint density at radius 1 is 0.704 bits per heavy atom. The van der Waals surface area contributed by atoms with Crippen molar-refractivity contribution in [3.63, 3.8) is 0 Å². The normalized spacial score (nSPS) is 10.9. The van der Waals surface area contributed by atoms with E-state index in [1.807, 2.05) is 76.4 Å². The smallest absolute Gasteiger partial charge is 0.259 e. The summed E-state index contributed by atoms with van der Waals surface area (Å²) in [6.07, 6.45) is 0. The number of ether oxygens (including phenoxy) is 3. The van der Waals surface area contributed by atoms with Gasteiger partial charge in [0.25, 0.3) is 10.3 Å². The number of thiocarbonyl (C=S) groups is 3.